The highest BCUT2D eigenvalue weighted by Crippen LogP contribution is 2.17. The molecule has 1 unspecified atom stereocenters. The summed E-state index contributed by atoms with van der Waals surface area (Å²) >= 11 is 0. The van der Waals surface area contributed by atoms with Crippen molar-refractivity contribution in [2.75, 3.05) is 0 Å². The molecular weight excluding hydrogens is 460 g/mol. The average molecular weight is 525 g/mol. The number of hydrogen-bond acceptors (Lipinski definition) is 3. The lowest BCUT2D eigenvalue weighted by molar-refractivity contribution is -0.150. The Morgan fingerprint density at radius 2 is 0.838 bits per heavy atom. The molecule has 4 heteroatoms. The number of carboxylic acids is 1. The van der Waals surface area contributed by atoms with Gasteiger partial charge in [-0.25, -0.2) is 0 Å². The van der Waals surface area contributed by atoms with Crippen molar-refractivity contribution >= 4 is 11.9 Å². The molecule has 0 aliphatic heterocycles. The minimum atomic E-state index is -0.728. The van der Waals surface area contributed by atoms with Gasteiger partial charge in [0.2, 0.25) is 0 Å². The molecule has 1 N–H and O–H groups in total. The minimum Gasteiger partial charge on any atom is -0.481 e. The molecule has 0 fully saturated rings. The van der Waals surface area contributed by atoms with Crippen LogP contribution in [0, 0.1) is 0 Å². The van der Waals surface area contributed by atoms with E-state index in [1.165, 1.54) is 109 Å². The second kappa shape index (κ2) is 29.5. The van der Waals surface area contributed by atoms with E-state index in [4.69, 9.17) is 9.84 Å². The van der Waals surface area contributed by atoms with Gasteiger partial charge in [0.05, 0.1) is 0 Å². The van der Waals surface area contributed by atoms with Crippen LogP contribution in [0.25, 0.3) is 0 Å². The number of ether oxygens (including phenoxy) is 1. The molecule has 0 saturated heterocycles. The van der Waals surface area contributed by atoms with Crippen LogP contribution in [0.3, 0.4) is 0 Å². The van der Waals surface area contributed by atoms with E-state index in [1.807, 2.05) is 0 Å². The van der Waals surface area contributed by atoms with Crippen LogP contribution in [0.2, 0.25) is 0 Å². The van der Waals surface area contributed by atoms with Crippen LogP contribution in [0.5, 0.6) is 0 Å². The fraction of sp³-hybridized carbons (Fsp3) is 0.939. The van der Waals surface area contributed by atoms with E-state index >= 15 is 0 Å². The molecule has 0 aliphatic rings. The van der Waals surface area contributed by atoms with Gasteiger partial charge in [-0.05, 0) is 32.1 Å². The van der Waals surface area contributed by atoms with Gasteiger partial charge < -0.3 is 9.84 Å². The Bertz CT molecular complexity index is 491. The highest BCUT2D eigenvalue weighted by atomic mass is 16.5. The minimum absolute atomic E-state index is 0.0117. The molecule has 0 aromatic carbocycles. The lowest BCUT2D eigenvalue weighted by atomic mass is 10.0. The van der Waals surface area contributed by atoms with Crippen molar-refractivity contribution in [1.29, 1.82) is 0 Å². The first-order valence-electron chi connectivity index (χ1n) is 16.5. The smallest absolute Gasteiger partial charge is 0.306 e. The second-order valence-corrected chi connectivity index (χ2v) is 11.4. The highest BCUT2D eigenvalue weighted by Gasteiger charge is 2.14. The molecule has 0 aromatic heterocycles. The van der Waals surface area contributed by atoms with E-state index < -0.39 is 5.97 Å². The van der Waals surface area contributed by atoms with Crippen LogP contribution >= 0.6 is 0 Å². The van der Waals surface area contributed by atoms with Crippen LogP contribution in [0.4, 0.5) is 0 Å². The quantitative estimate of drug-likeness (QED) is 0.0749. The number of hydrogen-bond donors (Lipinski definition) is 1. The fourth-order valence-corrected chi connectivity index (χ4v) is 5.11. The molecule has 37 heavy (non-hydrogen) atoms. The third-order valence-electron chi connectivity index (χ3n) is 7.58. The van der Waals surface area contributed by atoms with Gasteiger partial charge in [-0.1, -0.05) is 149 Å². The zero-order valence-electron chi connectivity index (χ0n) is 25.0. The summed E-state index contributed by atoms with van der Waals surface area (Å²) in [5.74, 6) is -0.771. The molecule has 0 radical (unpaired) electrons. The molecule has 0 saturated carbocycles. The van der Waals surface area contributed by atoms with Crippen molar-refractivity contribution < 1.29 is 19.4 Å². The largest absolute Gasteiger partial charge is 0.481 e. The van der Waals surface area contributed by atoms with Crippen LogP contribution < -0.4 is 0 Å². The predicted octanol–water partition coefficient (Wildman–Crippen LogP) is 10.9. The van der Waals surface area contributed by atoms with Crippen molar-refractivity contribution in [1.82, 2.24) is 0 Å². The fourth-order valence-electron chi connectivity index (χ4n) is 5.11. The maximum atomic E-state index is 12.3. The van der Waals surface area contributed by atoms with E-state index in [0.29, 0.717) is 12.8 Å². The molecule has 0 rings (SSSR count). The summed E-state index contributed by atoms with van der Waals surface area (Å²) in [7, 11) is 0. The van der Waals surface area contributed by atoms with Gasteiger partial charge in [0, 0.05) is 12.8 Å². The second-order valence-electron chi connectivity index (χ2n) is 11.4. The van der Waals surface area contributed by atoms with E-state index in [1.54, 1.807) is 0 Å². The summed E-state index contributed by atoms with van der Waals surface area (Å²) in [4.78, 5) is 22.9. The lowest BCUT2D eigenvalue weighted by Crippen LogP contribution is -2.18. The molecule has 4 nitrogen and oxygen atoms in total. The van der Waals surface area contributed by atoms with Crippen molar-refractivity contribution in [3.05, 3.63) is 0 Å². The summed E-state index contributed by atoms with van der Waals surface area (Å²) in [6, 6.07) is 0. The highest BCUT2D eigenvalue weighted by molar-refractivity contribution is 5.69. The van der Waals surface area contributed by atoms with Crippen LogP contribution in [0.1, 0.15) is 194 Å². The van der Waals surface area contributed by atoms with Gasteiger partial charge in [-0.3, -0.25) is 9.59 Å². The van der Waals surface area contributed by atoms with Gasteiger partial charge in [-0.2, -0.15) is 0 Å². The first-order valence-corrected chi connectivity index (χ1v) is 16.5. The molecule has 0 heterocycles. The Balaban J connectivity index is 3.49. The molecule has 0 aromatic rings. The van der Waals surface area contributed by atoms with E-state index in [0.717, 1.165) is 51.4 Å². The Morgan fingerprint density at radius 1 is 0.486 bits per heavy atom. The van der Waals surface area contributed by atoms with Gasteiger partial charge in [0.1, 0.15) is 6.10 Å². The predicted molar refractivity (Wildman–Crippen MR) is 158 cm³/mol. The monoisotopic (exact) mass is 524 g/mol. The summed E-state index contributed by atoms with van der Waals surface area (Å²) in [6.45, 7) is 4.44. The van der Waals surface area contributed by atoms with E-state index in [-0.39, 0.29) is 18.5 Å². The first kappa shape index (κ1) is 35.9. The van der Waals surface area contributed by atoms with E-state index in [2.05, 4.69) is 13.8 Å². The summed E-state index contributed by atoms with van der Waals surface area (Å²) in [5.41, 5.74) is 0. The molecule has 0 bridgehead atoms. The van der Waals surface area contributed by atoms with Crippen molar-refractivity contribution in [3.8, 4) is 0 Å². The third kappa shape index (κ3) is 29.4. The molecule has 0 aliphatic carbocycles. The maximum Gasteiger partial charge on any atom is 0.306 e. The van der Waals surface area contributed by atoms with E-state index in [9.17, 15) is 9.59 Å². The SMILES string of the molecule is CCCCCCCCCCCCCCCCCCCCCC(=O)OC(CCCC)CCCCCC(=O)O. The topological polar surface area (TPSA) is 63.6 Å². The molecular formula is C33H64O4. The Morgan fingerprint density at radius 3 is 1.27 bits per heavy atom. The maximum absolute atomic E-state index is 12.3. The van der Waals surface area contributed by atoms with Crippen LogP contribution in [-0.4, -0.2) is 23.1 Å². The van der Waals surface area contributed by atoms with Crippen molar-refractivity contribution in [2.45, 2.75) is 200 Å². The molecule has 0 spiro atoms. The molecule has 1 atom stereocenters. The van der Waals surface area contributed by atoms with Crippen LogP contribution in [-0.2, 0) is 14.3 Å². The van der Waals surface area contributed by atoms with Crippen molar-refractivity contribution in [3.63, 3.8) is 0 Å². The zero-order valence-corrected chi connectivity index (χ0v) is 25.0. The number of carbonyl (C=O) groups is 2. The molecule has 0 amide bonds. The summed E-state index contributed by atoms with van der Waals surface area (Å²) in [6.07, 6.45) is 33.1. The van der Waals surface area contributed by atoms with Gasteiger partial charge in [0.15, 0.2) is 0 Å². The molecule has 220 valence electrons. The zero-order chi connectivity index (χ0) is 27.2. The number of esters is 1. The number of carbonyl (C=O) groups excluding carboxylic acids is 1. The summed E-state index contributed by atoms with van der Waals surface area (Å²) < 4.78 is 5.76. The van der Waals surface area contributed by atoms with Gasteiger partial charge in [-0.15, -0.1) is 0 Å². The normalized spacial score (nSPS) is 12.1. The number of aliphatic carboxylic acids is 1. The first-order chi connectivity index (χ1) is 18.1. The Hall–Kier alpha value is -1.06. The standard InChI is InChI=1S/C33H64O4/c1-3-5-7-8-9-10-11-12-13-14-15-16-17-18-19-20-21-22-26-30-33(36)37-31(27-6-4-2)28-24-23-25-29-32(34)35/h31H,3-30H2,1-2H3,(H,34,35). The average Bonchev–Trinajstić information content (AvgIpc) is 2.88. The Kier molecular flexibility index (Phi) is 28.7. The lowest BCUT2D eigenvalue weighted by Gasteiger charge is -2.17. The summed E-state index contributed by atoms with van der Waals surface area (Å²) in [5, 5.41) is 8.74. The van der Waals surface area contributed by atoms with Gasteiger partial charge >= 0.3 is 11.9 Å². The number of carboxylic acid groups (broad SMARTS) is 1. The Labute approximate surface area is 231 Å². The number of rotatable bonds is 30. The number of unbranched alkanes of at least 4 members (excludes halogenated alkanes) is 21. The van der Waals surface area contributed by atoms with Gasteiger partial charge in [0.25, 0.3) is 0 Å². The van der Waals surface area contributed by atoms with Crippen LogP contribution in [0.15, 0.2) is 0 Å². The third-order valence-corrected chi connectivity index (χ3v) is 7.58. The van der Waals surface area contributed by atoms with Crippen molar-refractivity contribution in [2.24, 2.45) is 0 Å².